The molecule has 3 aromatic rings. The van der Waals surface area contributed by atoms with Crippen molar-refractivity contribution in [2.75, 3.05) is 43.4 Å². The molecule has 0 aliphatic carbocycles. The van der Waals surface area contributed by atoms with Crippen molar-refractivity contribution in [3.63, 3.8) is 0 Å². The van der Waals surface area contributed by atoms with Gasteiger partial charge in [-0.3, -0.25) is 4.79 Å². The summed E-state index contributed by atoms with van der Waals surface area (Å²) in [6.45, 7) is 11.6. The largest absolute Gasteiger partial charge is 0.364 e. The number of halogens is 1. The van der Waals surface area contributed by atoms with Crippen LogP contribution in [0.4, 0.5) is 15.3 Å². The Morgan fingerprint density at radius 3 is 2.69 bits per heavy atom. The molecule has 1 saturated heterocycles. The lowest BCUT2D eigenvalue weighted by atomic mass is 10.0. The highest BCUT2D eigenvalue weighted by molar-refractivity contribution is 7.20. The van der Waals surface area contributed by atoms with E-state index >= 15 is 0 Å². The number of likely N-dealkylation sites (N-methyl/N-ethyl adjacent to an activating group) is 1. The van der Waals surface area contributed by atoms with Crippen LogP contribution in [0, 0.1) is 5.82 Å². The standard InChI is InChI=1S/C26H38FN7OS/c1-18-9-6-7-15-33(18)16-8-14-28-21(35)17-32(5)25-31-34-23(30-26(2,3)4)22(29-24(34)36-25)19-10-12-20(27)13-11-19/h10-13,18,30H,6-9,14-17H2,1-5H3,(H,28,35)/t18-/m0/s1. The summed E-state index contributed by atoms with van der Waals surface area (Å²) in [7, 11) is 1.87. The van der Waals surface area contributed by atoms with E-state index in [9.17, 15) is 9.18 Å². The molecule has 0 unspecified atom stereocenters. The number of rotatable bonds is 9. The van der Waals surface area contributed by atoms with Crippen LogP contribution >= 0.6 is 11.3 Å². The fraction of sp³-hybridized carbons (Fsp3) is 0.577. The third-order valence-corrected chi connectivity index (χ3v) is 7.42. The van der Waals surface area contributed by atoms with Gasteiger partial charge in [0.05, 0.1) is 6.54 Å². The summed E-state index contributed by atoms with van der Waals surface area (Å²) < 4.78 is 15.2. The summed E-state index contributed by atoms with van der Waals surface area (Å²) in [6, 6.07) is 6.95. The lowest BCUT2D eigenvalue weighted by Crippen LogP contribution is -2.40. The van der Waals surface area contributed by atoms with Gasteiger partial charge in [-0.25, -0.2) is 9.37 Å². The zero-order valence-corrected chi connectivity index (χ0v) is 22.8. The number of hydrogen-bond donors (Lipinski definition) is 2. The maximum Gasteiger partial charge on any atom is 0.239 e. The van der Waals surface area contributed by atoms with Crippen LogP contribution in [0.25, 0.3) is 16.2 Å². The summed E-state index contributed by atoms with van der Waals surface area (Å²) in [6.07, 6.45) is 4.83. The van der Waals surface area contributed by atoms with Crippen molar-refractivity contribution < 1.29 is 9.18 Å². The van der Waals surface area contributed by atoms with E-state index in [0.717, 1.165) is 30.0 Å². The van der Waals surface area contributed by atoms with E-state index in [1.165, 1.54) is 49.3 Å². The lowest BCUT2D eigenvalue weighted by molar-refractivity contribution is -0.119. The van der Waals surface area contributed by atoms with Gasteiger partial charge in [-0.1, -0.05) is 17.8 Å². The Labute approximate surface area is 216 Å². The summed E-state index contributed by atoms with van der Waals surface area (Å²) in [5, 5.41) is 12.0. The number of fused-ring (bicyclic) bond motifs is 1. The van der Waals surface area contributed by atoms with Crippen molar-refractivity contribution in [1.29, 1.82) is 0 Å². The Balaban J connectivity index is 1.40. The summed E-state index contributed by atoms with van der Waals surface area (Å²) in [5.74, 6) is 0.444. The smallest absolute Gasteiger partial charge is 0.239 e. The number of likely N-dealkylation sites (tertiary alicyclic amines) is 1. The molecule has 2 N–H and O–H groups in total. The molecule has 1 atom stereocenters. The van der Waals surface area contributed by atoms with Crippen LogP contribution in [0.15, 0.2) is 24.3 Å². The molecule has 0 saturated carbocycles. The molecule has 10 heteroatoms. The predicted octanol–water partition coefficient (Wildman–Crippen LogP) is 4.62. The third-order valence-electron chi connectivity index (χ3n) is 6.40. The van der Waals surface area contributed by atoms with Gasteiger partial charge in [-0.15, -0.1) is 5.10 Å². The van der Waals surface area contributed by atoms with E-state index in [4.69, 9.17) is 10.1 Å². The van der Waals surface area contributed by atoms with E-state index in [2.05, 4.69) is 43.2 Å². The third kappa shape index (κ3) is 6.53. The molecular weight excluding hydrogens is 477 g/mol. The minimum Gasteiger partial charge on any atom is -0.364 e. The zero-order valence-electron chi connectivity index (χ0n) is 22.0. The number of nitrogens with one attached hydrogen (secondary N) is 2. The van der Waals surface area contributed by atoms with Crippen molar-refractivity contribution >= 4 is 33.2 Å². The van der Waals surface area contributed by atoms with Gasteiger partial charge in [0.2, 0.25) is 16.0 Å². The molecule has 0 radical (unpaired) electrons. The highest BCUT2D eigenvalue weighted by atomic mass is 32.1. The Morgan fingerprint density at radius 1 is 1.25 bits per heavy atom. The van der Waals surface area contributed by atoms with E-state index in [1.54, 1.807) is 16.6 Å². The predicted molar refractivity (Wildman–Crippen MR) is 145 cm³/mol. The molecule has 1 aliphatic heterocycles. The Morgan fingerprint density at radius 2 is 2.00 bits per heavy atom. The van der Waals surface area contributed by atoms with Gasteiger partial charge in [-0.05, 0) is 77.8 Å². The molecule has 1 aromatic carbocycles. The quantitative estimate of drug-likeness (QED) is 0.405. The van der Waals surface area contributed by atoms with Gasteiger partial charge in [0.25, 0.3) is 0 Å². The summed E-state index contributed by atoms with van der Waals surface area (Å²) in [4.78, 5) is 22.4. The number of imidazole rings is 1. The van der Waals surface area contributed by atoms with Gasteiger partial charge in [0.1, 0.15) is 11.5 Å². The first-order valence-corrected chi connectivity index (χ1v) is 13.6. The maximum absolute atomic E-state index is 13.5. The van der Waals surface area contributed by atoms with Gasteiger partial charge in [-0.2, -0.15) is 4.52 Å². The zero-order chi connectivity index (χ0) is 25.9. The second kappa shape index (κ2) is 11.1. The van der Waals surface area contributed by atoms with Crippen LogP contribution in [0.2, 0.25) is 0 Å². The van der Waals surface area contributed by atoms with Gasteiger partial charge >= 0.3 is 0 Å². The number of nitrogens with zero attached hydrogens (tertiary/aromatic N) is 5. The lowest BCUT2D eigenvalue weighted by Gasteiger charge is -2.33. The first-order valence-electron chi connectivity index (χ1n) is 12.8. The highest BCUT2D eigenvalue weighted by Gasteiger charge is 2.23. The minimum atomic E-state index is -0.286. The number of amides is 1. The number of aromatic nitrogens is 3. The second-order valence-electron chi connectivity index (χ2n) is 10.7. The molecular formula is C26H38FN7OS. The summed E-state index contributed by atoms with van der Waals surface area (Å²) in [5.41, 5.74) is 1.31. The van der Waals surface area contributed by atoms with Crippen LogP contribution in [0.3, 0.4) is 0 Å². The van der Waals surface area contributed by atoms with Crippen LogP contribution in [-0.2, 0) is 4.79 Å². The van der Waals surface area contributed by atoms with Crippen molar-refractivity contribution in [1.82, 2.24) is 24.8 Å². The number of carbonyl (C=O) groups is 1. The molecule has 1 aliphatic rings. The number of benzene rings is 1. The number of anilines is 2. The molecule has 4 rings (SSSR count). The number of hydrogen-bond acceptors (Lipinski definition) is 7. The second-order valence-corrected chi connectivity index (χ2v) is 11.6. The van der Waals surface area contributed by atoms with Crippen LogP contribution in [0.5, 0.6) is 0 Å². The van der Waals surface area contributed by atoms with Crippen LogP contribution in [-0.4, -0.2) is 70.2 Å². The van der Waals surface area contributed by atoms with Crippen molar-refractivity contribution in [3.05, 3.63) is 30.1 Å². The van der Waals surface area contributed by atoms with E-state index < -0.39 is 0 Å². The number of piperidine rings is 1. The normalized spacial score (nSPS) is 16.9. The van der Waals surface area contributed by atoms with E-state index in [-0.39, 0.29) is 23.8 Å². The summed E-state index contributed by atoms with van der Waals surface area (Å²) >= 11 is 1.42. The molecule has 8 nitrogen and oxygen atoms in total. The van der Waals surface area contributed by atoms with Crippen molar-refractivity contribution in [2.24, 2.45) is 0 Å². The Bertz CT molecular complexity index is 1170. The van der Waals surface area contributed by atoms with Gasteiger partial charge in [0.15, 0.2) is 5.82 Å². The Kier molecular flexibility index (Phi) is 8.14. The number of carbonyl (C=O) groups excluding carboxylic acids is 1. The topological polar surface area (TPSA) is 77.8 Å². The first kappa shape index (κ1) is 26.3. The van der Waals surface area contributed by atoms with Crippen molar-refractivity contribution in [2.45, 2.75) is 65.0 Å². The molecule has 36 heavy (non-hydrogen) atoms. The van der Waals surface area contributed by atoms with Crippen LogP contribution < -0.4 is 15.5 Å². The van der Waals surface area contributed by atoms with E-state index in [0.29, 0.717) is 22.7 Å². The molecule has 0 bridgehead atoms. The van der Waals surface area contributed by atoms with E-state index in [1.807, 2.05) is 11.9 Å². The minimum absolute atomic E-state index is 0.0166. The highest BCUT2D eigenvalue weighted by Crippen LogP contribution is 2.34. The SMILES string of the molecule is C[C@H]1CCCCN1CCCNC(=O)CN(C)c1nn2c(NC(C)(C)C)c(-c3ccc(F)cc3)nc2s1. The molecule has 196 valence electrons. The maximum atomic E-state index is 13.5. The molecule has 0 spiro atoms. The average molecular weight is 516 g/mol. The molecule has 2 aromatic heterocycles. The fourth-order valence-electron chi connectivity index (χ4n) is 4.51. The molecule has 1 fully saturated rings. The first-order chi connectivity index (χ1) is 17.1. The van der Waals surface area contributed by atoms with Crippen LogP contribution in [0.1, 0.15) is 53.4 Å². The average Bonchev–Trinajstić information content (AvgIpc) is 3.37. The fourth-order valence-corrected chi connectivity index (χ4v) is 5.37. The van der Waals surface area contributed by atoms with Crippen molar-refractivity contribution in [3.8, 4) is 11.3 Å². The monoisotopic (exact) mass is 515 g/mol. The molecule has 1 amide bonds. The Hall–Kier alpha value is -2.72. The van der Waals surface area contributed by atoms with Gasteiger partial charge in [0, 0.05) is 37.3 Å². The molecule has 3 heterocycles. The van der Waals surface area contributed by atoms with Gasteiger partial charge < -0.3 is 20.4 Å².